The minimum atomic E-state index is 0.539. The Kier molecular flexibility index (Phi) is 5.41. The first-order valence-corrected chi connectivity index (χ1v) is 7.73. The van der Waals surface area contributed by atoms with Gasteiger partial charge in [-0.15, -0.1) is 0 Å². The van der Waals surface area contributed by atoms with Crippen LogP contribution in [0.5, 0.6) is 0 Å². The summed E-state index contributed by atoms with van der Waals surface area (Å²) in [7, 11) is 0. The highest BCUT2D eigenvalue weighted by atomic mass is 15.2. The van der Waals surface area contributed by atoms with E-state index in [4.69, 9.17) is 0 Å². The number of nitrogens with one attached hydrogen (secondary N) is 1. The number of piperazine rings is 1. The molecule has 0 aromatic heterocycles. The van der Waals surface area contributed by atoms with Crippen molar-refractivity contribution in [2.75, 3.05) is 19.6 Å². The molecule has 2 heteroatoms. The lowest BCUT2D eigenvalue weighted by Crippen LogP contribution is -2.53. The van der Waals surface area contributed by atoms with E-state index in [9.17, 15) is 0 Å². The zero-order chi connectivity index (χ0) is 13.7. The summed E-state index contributed by atoms with van der Waals surface area (Å²) in [6.07, 6.45) is 2.55. The van der Waals surface area contributed by atoms with Gasteiger partial charge in [-0.05, 0) is 17.9 Å². The summed E-state index contributed by atoms with van der Waals surface area (Å²) in [4.78, 5) is 2.68. The first-order valence-electron chi connectivity index (χ1n) is 7.73. The van der Waals surface area contributed by atoms with Gasteiger partial charge in [0.15, 0.2) is 0 Å². The smallest absolute Gasteiger partial charge is 0.0473 e. The van der Waals surface area contributed by atoms with Gasteiger partial charge < -0.3 is 5.32 Å². The third-order valence-electron chi connectivity index (χ3n) is 3.92. The number of benzene rings is 1. The van der Waals surface area contributed by atoms with Crippen molar-refractivity contribution in [1.82, 2.24) is 10.2 Å². The van der Waals surface area contributed by atoms with Crippen molar-refractivity contribution in [2.45, 2.75) is 45.7 Å². The summed E-state index contributed by atoms with van der Waals surface area (Å²) >= 11 is 0. The maximum absolute atomic E-state index is 3.73. The Morgan fingerprint density at radius 2 is 2.00 bits per heavy atom. The van der Waals surface area contributed by atoms with Gasteiger partial charge in [0, 0.05) is 31.7 Å². The lowest BCUT2D eigenvalue weighted by molar-refractivity contribution is 0.112. The summed E-state index contributed by atoms with van der Waals surface area (Å²) in [6, 6.07) is 12.1. The SMILES string of the molecule is CCCC1CN(CC(C)C)C(c2ccccc2)CN1. The normalized spacial score (nSPS) is 24.8. The summed E-state index contributed by atoms with van der Waals surface area (Å²) in [5.74, 6) is 0.728. The zero-order valence-corrected chi connectivity index (χ0v) is 12.6. The molecule has 2 rings (SSSR count). The van der Waals surface area contributed by atoms with Gasteiger partial charge in [-0.1, -0.05) is 57.5 Å². The second kappa shape index (κ2) is 7.06. The standard InChI is InChI=1S/C17H28N2/c1-4-8-16-13-19(12-14(2)3)17(11-18-16)15-9-6-5-7-10-15/h5-7,9-10,14,16-18H,4,8,11-13H2,1-3H3. The van der Waals surface area contributed by atoms with Crippen LogP contribution in [0.15, 0.2) is 30.3 Å². The lowest BCUT2D eigenvalue weighted by atomic mass is 9.98. The van der Waals surface area contributed by atoms with Crippen molar-refractivity contribution in [3.63, 3.8) is 0 Å². The Labute approximate surface area is 118 Å². The van der Waals surface area contributed by atoms with E-state index < -0.39 is 0 Å². The predicted octanol–water partition coefficient (Wildman–Crippen LogP) is 3.46. The van der Waals surface area contributed by atoms with E-state index in [1.807, 2.05) is 0 Å². The molecule has 1 aliphatic heterocycles. The molecule has 1 aromatic rings. The van der Waals surface area contributed by atoms with Crippen LogP contribution in [0.3, 0.4) is 0 Å². The number of hydrogen-bond acceptors (Lipinski definition) is 2. The van der Waals surface area contributed by atoms with Crippen LogP contribution in [0, 0.1) is 5.92 Å². The molecule has 1 fully saturated rings. The summed E-state index contributed by atoms with van der Waals surface area (Å²) < 4.78 is 0. The average molecular weight is 260 g/mol. The Bertz CT molecular complexity index is 361. The maximum atomic E-state index is 3.73. The van der Waals surface area contributed by atoms with Gasteiger partial charge >= 0.3 is 0 Å². The molecule has 2 atom stereocenters. The van der Waals surface area contributed by atoms with Crippen molar-refractivity contribution < 1.29 is 0 Å². The molecule has 1 N–H and O–H groups in total. The highest BCUT2D eigenvalue weighted by Gasteiger charge is 2.28. The average Bonchev–Trinajstić information content (AvgIpc) is 2.40. The van der Waals surface area contributed by atoms with Crippen LogP contribution in [0.4, 0.5) is 0 Å². The highest BCUT2D eigenvalue weighted by molar-refractivity contribution is 5.20. The minimum absolute atomic E-state index is 0.539. The molecule has 0 aliphatic carbocycles. The quantitative estimate of drug-likeness (QED) is 0.872. The molecule has 106 valence electrons. The van der Waals surface area contributed by atoms with E-state index in [0.29, 0.717) is 12.1 Å². The van der Waals surface area contributed by atoms with Crippen LogP contribution in [0.1, 0.15) is 45.2 Å². The highest BCUT2D eigenvalue weighted by Crippen LogP contribution is 2.25. The van der Waals surface area contributed by atoms with Crippen molar-refractivity contribution in [3.8, 4) is 0 Å². The number of nitrogens with zero attached hydrogens (tertiary/aromatic N) is 1. The van der Waals surface area contributed by atoms with Gasteiger partial charge in [-0.3, -0.25) is 4.90 Å². The monoisotopic (exact) mass is 260 g/mol. The van der Waals surface area contributed by atoms with Crippen molar-refractivity contribution >= 4 is 0 Å². The molecule has 1 saturated heterocycles. The molecule has 1 aromatic carbocycles. The minimum Gasteiger partial charge on any atom is -0.311 e. The molecule has 2 nitrogen and oxygen atoms in total. The van der Waals surface area contributed by atoms with E-state index in [-0.39, 0.29) is 0 Å². The largest absolute Gasteiger partial charge is 0.311 e. The van der Waals surface area contributed by atoms with Crippen LogP contribution in [-0.4, -0.2) is 30.6 Å². The molecule has 1 heterocycles. The molecule has 0 saturated carbocycles. The third kappa shape index (κ3) is 4.05. The Hall–Kier alpha value is -0.860. The maximum Gasteiger partial charge on any atom is 0.0473 e. The van der Waals surface area contributed by atoms with Crippen molar-refractivity contribution in [3.05, 3.63) is 35.9 Å². The third-order valence-corrected chi connectivity index (χ3v) is 3.92. The van der Waals surface area contributed by atoms with E-state index in [1.54, 1.807) is 0 Å². The van der Waals surface area contributed by atoms with Crippen molar-refractivity contribution in [1.29, 1.82) is 0 Å². The summed E-state index contributed by atoms with van der Waals surface area (Å²) in [5, 5.41) is 3.73. The van der Waals surface area contributed by atoms with Crippen LogP contribution < -0.4 is 5.32 Å². The van der Waals surface area contributed by atoms with E-state index in [2.05, 4.69) is 61.3 Å². The molecule has 19 heavy (non-hydrogen) atoms. The predicted molar refractivity (Wildman–Crippen MR) is 82.3 cm³/mol. The van der Waals surface area contributed by atoms with Gasteiger partial charge in [-0.2, -0.15) is 0 Å². The van der Waals surface area contributed by atoms with Gasteiger partial charge in [0.2, 0.25) is 0 Å². The Morgan fingerprint density at radius 1 is 1.26 bits per heavy atom. The van der Waals surface area contributed by atoms with Gasteiger partial charge in [0.25, 0.3) is 0 Å². The first-order chi connectivity index (χ1) is 9.20. The van der Waals surface area contributed by atoms with E-state index in [0.717, 1.165) is 12.5 Å². The molecule has 0 spiro atoms. The van der Waals surface area contributed by atoms with Gasteiger partial charge in [0.1, 0.15) is 0 Å². The molecule has 0 amide bonds. The Morgan fingerprint density at radius 3 is 2.63 bits per heavy atom. The van der Waals surface area contributed by atoms with Crippen molar-refractivity contribution in [2.24, 2.45) is 5.92 Å². The van der Waals surface area contributed by atoms with Crippen LogP contribution in [-0.2, 0) is 0 Å². The van der Waals surface area contributed by atoms with E-state index >= 15 is 0 Å². The summed E-state index contributed by atoms with van der Waals surface area (Å²) in [6.45, 7) is 10.4. The van der Waals surface area contributed by atoms with E-state index in [1.165, 1.54) is 31.5 Å². The van der Waals surface area contributed by atoms with Crippen LogP contribution in [0.2, 0.25) is 0 Å². The molecule has 0 bridgehead atoms. The molecular formula is C17H28N2. The second-order valence-corrected chi connectivity index (χ2v) is 6.17. The van der Waals surface area contributed by atoms with Gasteiger partial charge in [0.05, 0.1) is 0 Å². The fraction of sp³-hybridized carbons (Fsp3) is 0.647. The molecular weight excluding hydrogens is 232 g/mol. The fourth-order valence-electron chi connectivity index (χ4n) is 3.10. The fourth-order valence-corrected chi connectivity index (χ4v) is 3.10. The molecule has 2 unspecified atom stereocenters. The number of rotatable bonds is 5. The Balaban J connectivity index is 2.08. The lowest BCUT2D eigenvalue weighted by Gasteiger charge is -2.41. The second-order valence-electron chi connectivity index (χ2n) is 6.17. The molecule has 0 radical (unpaired) electrons. The summed E-state index contributed by atoms with van der Waals surface area (Å²) in [5.41, 5.74) is 1.45. The van der Waals surface area contributed by atoms with Gasteiger partial charge in [-0.25, -0.2) is 0 Å². The molecule has 1 aliphatic rings. The topological polar surface area (TPSA) is 15.3 Å². The first kappa shape index (κ1) is 14.5. The van der Waals surface area contributed by atoms with Crippen LogP contribution in [0.25, 0.3) is 0 Å². The zero-order valence-electron chi connectivity index (χ0n) is 12.6. The van der Waals surface area contributed by atoms with Crippen LogP contribution >= 0.6 is 0 Å². The number of hydrogen-bond donors (Lipinski definition) is 1.